The van der Waals surface area contributed by atoms with Gasteiger partial charge in [0, 0.05) is 23.2 Å². The number of H-pyrrole nitrogens is 1. The number of amides is 1. The average molecular weight is 400 g/mol. The molecule has 0 radical (unpaired) electrons. The first-order chi connectivity index (χ1) is 14.5. The molecule has 1 fully saturated rings. The van der Waals surface area contributed by atoms with Gasteiger partial charge in [-0.05, 0) is 68.1 Å². The third-order valence-electron chi connectivity index (χ3n) is 6.23. The Balaban J connectivity index is 1.62. The minimum atomic E-state index is -0.150. The molecule has 0 atom stereocenters. The fraction of sp³-hybridized carbons (Fsp3) is 0.292. The van der Waals surface area contributed by atoms with Crippen molar-refractivity contribution >= 4 is 27.7 Å². The van der Waals surface area contributed by atoms with E-state index in [0.717, 1.165) is 35.0 Å². The predicted molar refractivity (Wildman–Crippen MR) is 118 cm³/mol. The van der Waals surface area contributed by atoms with E-state index in [2.05, 4.69) is 15.4 Å². The maximum absolute atomic E-state index is 13.0. The number of nitrogens with zero attached hydrogens (tertiary/aromatic N) is 2. The Hall–Kier alpha value is -3.41. The van der Waals surface area contributed by atoms with E-state index < -0.39 is 0 Å². The molecule has 2 aromatic carbocycles. The molecule has 6 nitrogen and oxygen atoms in total. The first-order valence-electron chi connectivity index (χ1n) is 10.4. The Kier molecular flexibility index (Phi) is 4.42. The van der Waals surface area contributed by atoms with Crippen molar-refractivity contribution in [3.8, 4) is 5.69 Å². The molecule has 1 amide bonds. The second-order valence-corrected chi connectivity index (χ2v) is 8.25. The SMILES string of the molecule is Cc1ccc(-n2[nH]c3c(cnc4ccc(C(=O)NC5CCCC5)cc43)c2=O)cc1C. The summed E-state index contributed by atoms with van der Waals surface area (Å²) >= 11 is 0. The maximum Gasteiger partial charge on any atom is 0.280 e. The fourth-order valence-electron chi connectivity index (χ4n) is 4.28. The highest BCUT2D eigenvalue weighted by molar-refractivity contribution is 6.06. The Bertz CT molecular complexity index is 1340. The van der Waals surface area contributed by atoms with Gasteiger partial charge in [-0.2, -0.15) is 0 Å². The molecule has 2 heterocycles. The van der Waals surface area contributed by atoms with E-state index in [1.165, 1.54) is 18.4 Å². The van der Waals surface area contributed by atoms with Crippen LogP contribution in [-0.2, 0) is 0 Å². The number of aromatic amines is 1. The van der Waals surface area contributed by atoms with Crippen molar-refractivity contribution in [1.29, 1.82) is 0 Å². The van der Waals surface area contributed by atoms with Crippen molar-refractivity contribution in [2.45, 2.75) is 45.6 Å². The van der Waals surface area contributed by atoms with E-state index in [-0.39, 0.29) is 17.5 Å². The summed E-state index contributed by atoms with van der Waals surface area (Å²) in [5.74, 6) is -0.0725. The van der Waals surface area contributed by atoms with Crippen molar-refractivity contribution in [2.24, 2.45) is 0 Å². The van der Waals surface area contributed by atoms with Crippen LogP contribution in [0.3, 0.4) is 0 Å². The number of hydrogen-bond donors (Lipinski definition) is 2. The second kappa shape index (κ2) is 7.13. The van der Waals surface area contributed by atoms with Crippen molar-refractivity contribution < 1.29 is 4.79 Å². The highest BCUT2D eigenvalue weighted by Gasteiger charge is 2.19. The number of carbonyl (C=O) groups is 1. The van der Waals surface area contributed by atoms with E-state index in [9.17, 15) is 9.59 Å². The first kappa shape index (κ1) is 18.6. The monoisotopic (exact) mass is 400 g/mol. The van der Waals surface area contributed by atoms with Crippen LogP contribution in [0.4, 0.5) is 0 Å². The van der Waals surface area contributed by atoms with E-state index in [0.29, 0.717) is 16.5 Å². The lowest BCUT2D eigenvalue weighted by molar-refractivity contribution is 0.0938. The molecule has 2 aromatic heterocycles. The van der Waals surface area contributed by atoms with E-state index in [1.807, 2.05) is 44.2 Å². The number of benzene rings is 2. The molecule has 0 bridgehead atoms. The summed E-state index contributed by atoms with van der Waals surface area (Å²) in [5, 5.41) is 7.65. The topological polar surface area (TPSA) is 79.8 Å². The molecule has 0 unspecified atom stereocenters. The summed E-state index contributed by atoms with van der Waals surface area (Å²) in [7, 11) is 0. The molecule has 5 rings (SSSR count). The molecule has 2 N–H and O–H groups in total. The lowest BCUT2D eigenvalue weighted by atomic mass is 10.1. The van der Waals surface area contributed by atoms with Crippen LogP contribution < -0.4 is 10.9 Å². The van der Waals surface area contributed by atoms with Gasteiger partial charge in [-0.3, -0.25) is 19.7 Å². The molecule has 0 saturated heterocycles. The van der Waals surface area contributed by atoms with Crippen LogP contribution in [0.15, 0.2) is 47.4 Å². The molecule has 6 heteroatoms. The van der Waals surface area contributed by atoms with Crippen LogP contribution in [0.2, 0.25) is 0 Å². The summed E-state index contributed by atoms with van der Waals surface area (Å²) in [6.45, 7) is 4.07. The van der Waals surface area contributed by atoms with Crippen molar-refractivity contribution in [2.75, 3.05) is 0 Å². The van der Waals surface area contributed by atoms with Gasteiger partial charge in [0.1, 0.15) is 0 Å². The molecular formula is C24H24N4O2. The molecule has 152 valence electrons. The number of nitrogens with one attached hydrogen (secondary N) is 2. The lowest BCUT2D eigenvalue weighted by Crippen LogP contribution is -2.32. The number of hydrogen-bond acceptors (Lipinski definition) is 3. The molecule has 1 aliphatic carbocycles. The largest absolute Gasteiger partial charge is 0.349 e. The Morgan fingerprint density at radius 2 is 1.87 bits per heavy atom. The zero-order valence-corrected chi connectivity index (χ0v) is 17.2. The van der Waals surface area contributed by atoms with Crippen LogP contribution in [-0.4, -0.2) is 26.7 Å². The number of aryl methyl sites for hydroxylation is 2. The van der Waals surface area contributed by atoms with Crippen LogP contribution in [0.1, 0.15) is 47.2 Å². The average Bonchev–Trinajstić information content (AvgIpc) is 3.37. The van der Waals surface area contributed by atoms with E-state index in [1.54, 1.807) is 16.9 Å². The standard InChI is InChI=1S/C24H24N4O2/c1-14-7-9-18(11-15(14)2)28-24(30)20-13-25-21-10-8-16(12-19(21)22(20)27-28)23(29)26-17-5-3-4-6-17/h7-13,17,27H,3-6H2,1-2H3,(H,26,29). The minimum absolute atomic E-state index is 0.0725. The zero-order valence-electron chi connectivity index (χ0n) is 17.2. The first-order valence-corrected chi connectivity index (χ1v) is 10.4. The maximum atomic E-state index is 13.0. The van der Waals surface area contributed by atoms with Gasteiger partial charge in [0.25, 0.3) is 11.5 Å². The number of pyridine rings is 1. The Labute approximate surface area is 173 Å². The molecule has 1 saturated carbocycles. The number of fused-ring (bicyclic) bond motifs is 3. The smallest absolute Gasteiger partial charge is 0.280 e. The summed E-state index contributed by atoms with van der Waals surface area (Å²) < 4.78 is 1.55. The fourth-order valence-corrected chi connectivity index (χ4v) is 4.28. The van der Waals surface area contributed by atoms with Gasteiger partial charge in [-0.1, -0.05) is 18.9 Å². The summed E-state index contributed by atoms with van der Waals surface area (Å²) in [4.78, 5) is 30.2. The van der Waals surface area contributed by atoms with Gasteiger partial charge in [0.2, 0.25) is 0 Å². The second-order valence-electron chi connectivity index (χ2n) is 8.25. The van der Waals surface area contributed by atoms with E-state index >= 15 is 0 Å². The van der Waals surface area contributed by atoms with Crippen LogP contribution in [0.25, 0.3) is 27.5 Å². The third-order valence-corrected chi connectivity index (χ3v) is 6.23. The van der Waals surface area contributed by atoms with Gasteiger partial charge in [0.05, 0.1) is 22.1 Å². The van der Waals surface area contributed by atoms with Gasteiger partial charge in [0.15, 0.2) is 0 Å². The highest BCUT2D eigenvalue weighted by Crippen LogP contribution is 2.24. The summed E-state index contributed by atoms with van der Waals surface area (Å²) in [6.07, 6.45) is 6.02. The Morgan fingerprint density at radius 3 is 2.63 bits per heavy atom. The molecule has 4 aromatic rings. The Morgan fingerprint density at radius 1 is 1.07 bits per heavy atom. The van der Waals surface area contributed by atoms with Crippen molar-refractivity contribution in [3.63, 3.8) is 0 Å². The van der Waals surface area contributed by atoms with E-state index in [4.69, 9.17) is 0 Å². The molecule has 30 heavy (non-hydrogen) atoms. The summed E-state index contributed by atoms with van der Waals surface area (Å²) in [5.41, 5.74) is 4.95. The minimum Gasteiger partial charge on any atom is -0.349 e. The van der Waals surface area contributed by atoms with Crippen molar-refractivity contribution in [3.05, 3.63) is 69.6 Å². The van der Waals surface area contributed by atoms with Gasteiger partial charge in [-0.15, -0.1) is 0 Å². The third kappa shape index (κ3) is 3.09. The number of rotatable bonds is 3. The zero-order chi connectivity index (χ0) is 20.8. The predicted octanol–water partition coefficient (Wildman–Crippen LogP) is 4.16. The van der Waals surface area contributed by atoms with Gasteiger partial charge in [-0.25, -0.2) is 4.68 Å². The normalized spacial score (nSPS) is 14.6. The van der Waals surface area contributed by atoms with Crippen LogP contribution >= 0.6 is 0 Å². The van der Waals surface area contributed by atoms with Crippen molar-refractivity contribution in [1.82, 2.24) is 20.1 Å². The number of carbonyl (C=O) groups excluding carboxylic acids is 1. The molecule has 1 aliphatic rings. The summed E-state index contributed by atoms with van der Waals surface area (Å²) in [6, 6.07) is 11.6. The molecular weight excluding hydrogens is 376 g/mol. The van der Waals surface area contributed by atoms with Crippen LogP contribution in [0.5, 0.6) is 0 Å². The quantitative estimate of drug-likeness (QED) is 0.542. The van der Waals surface area contributed by atoms with Crippen LogP contribution in [0, 0.1) is 13.8 Å². The highest BCUT2D eigenvalue weighted by atomic mass is 16.1. The molecule has 0 aliphatic heterocycles. The van der Waals surface area contributed by atoms with Gasteiger partial charge < -0.3 is 5.32 Å². The lowest BCUT2D eigenvalue weighted by Gasteiger charge is -2.12. The number of aromatic nitrogens is 3. The van der Waals surface area contributed by atoms with Gasteiger partial charge >= 0.3 is 0 Å². The molecule has 0 spiro atoms.